The Labute approximate surface area is 121 Å². The van der Waals surface area contributed by atoms with Crippen molar-refractivity contribution in [2.24, 2.45) is 7.05 Å². The molecular formula is C14H14BFN2O3. The number of halogens is 1. The van der Waals surface area contributed by atoms with E-state index < -0.39 is 11.8 Å². The fraction of sp³-hybridized carbons (Fsp3) is 0.143. The van der Waals surface area contributed by atoms with Crippen molar-refractivity contribution in [3.05, 3.63) is 41.3 Å². The Morgan fingerprint density at radius 3 is 2.52 bits per heavy atom. The lowest BCUT2D eigenvalue weighted by molar-refractivity contribution is 0.0698. The average Bonchev–Trinajstić information content (AvgIpc) is 2.70. The third-order valence-corrected chi connectivity index (χ3v) is 3.20. The molecule has 0 saturated heterocycles. The maximum atomic E-state index is 13.9. The number of Topliss-reactive ketones (excluding diaryl/α,β-unsaturated/α-hetero) is 1. The number of carbonyl (C=O) groups is 2. The number of aromatic nitrogens is 1. The third-order valence-electron chi connectivity index (χ3n) is 3.20. The summed E-state index contributed by atoms with van der Waals surface area (Å²) in [5, 5.41) is 12.0. The molecule has 0 radical (unpaired) electrons. The smallest absolute Gasteiger partial charge is 0.339 e. The van der Waals surface area contributed by atoms with Crippen molar-refractivity contribution in [2.75, 3.05) is 5.32 Å². The second-order valence-corrected chi connectivity index (χ2v) is 4.82. The minimum atomic E-state index is -1.19. The summed E-state index contributed by atoms with van der Waals surface area (Å²) in [5.74, 6) is -1.78. The van der Waals surface area contributed by atoms with E-state index in [1.54, 1.807) is 21.0 Å². The molecule has 2 N–H and O–H groups in total. The molecule has 0 aliphatic heterocycles. The molecule has 0 atom stereocenters. The summed E-state index contributed by atoms with van der Waals surface area (Å²) in [6, 6.07) is 5.86. The van der Waals surface area contributed by atoms with Crippen molar-refractivity contribution in [1.82, 2.24) is 4.57 Å². The molecule has 1 aromatic heterocycles. The standard InChI is InChI=1S/C14H14BFN2O3/c1-7(19)12-6-9(14(20)21)13(18(12)2)17-11-4-3-8(15)5-10(11)16/h3-6,17H,15H2,1-2H3,(H,20,21). The van der Waals surface area contributed by atoms with Crippen molar-refractivity contribution >= 4 is 36.6 Å². The van der Waals surface area contributed by atoms with E-state index in [1.807, 2.05) is 0 Å². The van der Waals surface area contributed by atoms with Gasteiger partial charge >= 0.3 is 5.97 Å². The van der Waals surface area contributed by atoms with E-state index in [1.165, 1.54) is 29.7 Å². The minimum Gasteiger partial charge on any atom is -0.478 e. The molecule has 0 aliphatic carbocycles. The lowest BCUT2D eigenvalue weighted by Crippen LogP contribution is -2.09. The second-order valence-electron chi connectivity index (χ2n) is 4.82. The highest BCUT2D eigenvalue weighted by Crippen LogP contribution is 2.26. The predicted molar refractivity (Wildman–Crippen MR) is 80.2 cm³/mol. The zero-order chi connectivity index (χ0) is 15.7. The number of carbonyl (C=O) groups excluding carboxylic acids is 1. The molecule has 0 bridgehead atoms. The van der Waals surface area contributed by atoms with Gasteiger partial charge in [0.2, 0.25) is 0 Å². The molecule has 1 heterocycles. The van der Waals surface area contributed by atoms with Crippen LogP contribution in [0.4, 0.5) is 15.9 Å². The van der Waals surface area contributed by atoms with Crippen LogP contribution in [0.3, 0.4) is 0 Å². The number of benzene rings is 1. The van der Waals surface area contributed by atoms with Crippen LogP contribution >= 0.6 is 0 Å². The maximum Gasteiger partial charge on any atom is 0.339 e. The van der Waals surface area contributed by atoms with Gasteiger partial charge in [0.05, 0.1) is 11.4 Å². The van der Waals surface area contributed by atoms with Gasteiger partial charge in [-0.05, 0) is 18.2 Å². The van der Waals surface area contributed by atoms with Crippen LogP contribution in [-0.4, -0.2) is 29.3 Å². The van der Waals surface area contributed by atoms with E-state index in [9.17, 15) is 19.1 Å². The highest BCUT2D eigenvalue weighted by Gasteiger charge is 2.21. The molecule has 7 heteroatoms. The van der Waals surface area contributed by atoms with E-state index >= 15 is 0 Å². The van der Waals surface area contributed by atoms with Crippen molar-refractivity contribution in [1.29, 1.82) is 0 Å². The van der Waals surface area contributed by atoms with Gasteiger partial charge in [0.15, 0.2) is 5.78 Å². The Morgan fingerprint density at radius 2 is 2.00 bits per heavy atom. The van der Waals surface area contributed by atoms with Crippen molar-refractivity contribution in [3.8, 4) is 0 Å². The normalized spacial score (nSPS) is 10.4. The summed E-state index contributed by atoms with van der Waals surface area (Å²) in [6.07, 6.45) is 0. The first-order valence-electron chi connectivity index (χ1n) is 6.28. The van der Waals surface area contributed by atoms with E-state index in [4.69, 9.17) is 0 Å². The highest BCUT2D eigenvalue weighted by molar-refractivity contribution is 6.32. The van der Waals surface area contributed by atoms with Crippen LogP contribution in [0.2, 0.25) is 0 Å². The van der Waals surface area contributed by atoms with Crippen LogP contribution in [0.15, 0.2) is 24.3 Å². The monoisotopic (exact) mass is 288 g/mol. The first-order chi connectivity index (χ1) is 9.81. The molecule has 0 spiro atoms. The van der Waals surface area contributed by atoms with Gasteiger partial charge in [-0.25, -0.2) is 9.18 Å². The molecule has 2 aromatic rings. The SMILES string of the molecule is Bc1ccc(Nc2c(C(=O)O)cc(C(C)=O)n2C)c(F)c1. The Balaban J connectivity index is 2.52. The zero-order valence-corrected chi connectivity index (χ0v) is 11.9. The molecule has 0 fully saturated rings. The van der Waals surface area contributed by atoms with Crippen LogP contribution < -0.4 is 10.8 Å². The number of hydrogen-bond acceptors (Lipinski definition) is 3. The van der Waals surface area contributed by atoms with Gasteiger partial charge in [0.1, 0.15) is 25.0 Å². The van der Waals surface area contributed by atoms with E-state index in [2.05, 4.69) is 5.32 Å². The number of aromatic carboxylic acids is 1. The first kappa shape index (κ1) is 14.8. The lowest BCUT2D eigenvalue weighted by Gasteiger charge is -2.11. The van der Waals surface area contributed by atoms with E-state index in [0.29, 0.717) is 0 Å². The van der Waals surface area contributed by atoms with Crippen molar-refractivity contribution < 1.29 is 19.1 Å². The van der Waals surface area contributed by atoms with Crippen molar-refractivity contribution in [3.63, 3.8) is 0 Å². The summed E-state index contributed by atoms with van der Waals surface area (Å²) >= 11 is 0. The number of ketones is 1. The van der Waals surface area contributed by atoms with Gasteiger partial charge in [0.25, 0.3) is 0 Å². The number of carboxylic acids is 1. The topological polar surface area (TPSA) is 71.3 Å². The number of hydrogen-bond donors (Lipinski definition) is 2. The molecule has 0 saturated carbocycles. The molecule has 2 rings (SSSR count). The zero-order valence-electron chi connectivity index (χ0n) is 11.9. The second kappa shape index (κ2) is 5.44. The number of rotatable bonds is 4. The molecule has 0 unspecified atom stereocenters. The first-order valence-corrected chi connectivity index (χ1v) is 6.28. The van der Waals surface area contributed by atoms with E-state index in [0.717, 1.165) is 5.46 Å². The minimum absolute atomic E-state index is 0.0809. The summed E-state index contributed by atoms with van der Waals surface area (Å²) < 4.78 is 15.3. The van der Waals surface area contributed by atoms with Gasteiger partial charge < -0.3 is 15.0 Å². The molecule has 0 amide bonds. The van der Waals surface area contributed by atoms with Crippen molar-refractivity contribution in [2.45, 2.75) is 6.92 Å². The number of nitrogens with zero attached hydrogens (tertiary/aromatic N) is 1. The van der Waals surface area contributed by atoms with Crippen LogP contribution in [-0.2, 0) is 7.05 Å². The summed E-state index contributed by atoms with van der Waals surface area (Å²) in [4.78, 5) is 22.8. The Hall–Kier alpha value is -2.57. The third kappa shape index (κ3) is 2.81. The highest BCUT2D eigenvalue weighted by atomic mass is 19.1. The number of carboxylic acid groups (broad SMARTS) is 1. The number of nitrogens with one attached hydrogen (secondary N) is 1. The largest absolute Gasteiger partial charge is 0.478 e. The molecule has 1 aromatic carbocycles. The van der Waals surface area contributed by atoms with Gasteiger partial charge in [0, 0.05) is 14.0 Å². The van der Waals surface area contributed by atoms with Gasteiger partial charge in [-0.1, -0.05) is 11.5 Å². The summed E-state index contributed by atoms with van der Waals surface area (Å²) in [6.45, 7) is 1.34. The summed E-state index contributed by atoms with van der Waals surface area (Å²) in [5.41, 5.74) is 1.07. The molecule has 5 nitrogen and oxygen atoms in total. The molecule has 0 aliphatic rings. The predicted octanol–water partition coefficient (Wildman–Crippen LogP) is 1.07. The van der Waals surface area contributed by atoms with Gasteiger partial charge in [-0.2, -0.15) is 0 Å². The molecule has 108 valence electrons. The molecule has 21 heavy (non-hydrogen) atoms. The Kier molecular flexibility index (Phi) is 3.84. The van der Waals surface area contributed by atoms with Gasteiger partial charge in [-0.3, -0.25) is 4.79 Å². The molecular weight excluding hydrogens is 274 g/mol. The number of anilines is 2. The van der Waals surface area contributed by atoms with Gasteiger partial charge in [-0.15, -0.1) is 0 Å². The average molecular weight is 288 g/mol. The summed E-state index contributed by atoms with van der Waals surface area (Å²) in [7, 11) is 3.31. The van der Waals surface area contributed by atoms with Crippen LogP contribution in [0, 0.1) is 5.82 Å². The lowest BCUT2D eigenvalue weighted by atomic mass is 9.96. The maximum absolute atomic E-state index is 13.9. The van der Waals surface area contributed by atoms with E-state index in [-0.39, 0.29) is 28.5 Å². The fourth-order valence-electron chi connectivity index (χ4n) is 2.10. The Bertz CT molecular complexity index is 740. The fourth-order valence-corrected chi connectivity index (χ4v) is 2.10. The van der Waals surface area contributed by atoms with Crippen LogP contribution in [0.1, 0.15) is 27.8 Å². The Morgan fingerprint density at radius 1 is 1.33 bits per heavy atom. The van der Waals surface area contributed by atoms with Crippen LogP contribution in [0.25, 0.3) is 0 Å². The van der Waals surface area contributed by atoms with Crippen LogP contribution in [0.5, 0.6) is 0 Å². The quantitative estimate of drug-likeness (QED) is 0.652.